The molecule has 1 atom stereocenters. The van der Waals surface area contributed by atoms with Gasteiger partial charge in [0.25, 0.3) is 0 Å². The van der Waals surface area contributed by atoms with Crippen LogP contribution in [0.4, 0.5) is 5.82 Å². The van der Waals surface area contributed by atoms with Crippen molar-refractivity contribution >= 4 is 11.5 Å². The van der Waals surface area contributed by atoms with Gasteiger partial charge >= 0.3 is 0 Å². The Labute approximate surface area is 106 Å². The first-order valence-electron chi connectivity index (χ1n) is 6.44. The Bertz CT molecular complexity index is 546. The fourth-order valence-electron chi connectivity index (χ4n) is 2.76. The lowest BCUT2D eigenvalue weighted by atomic mass is 9.75. The van der Waals surface area contributed by atoms with Gasteiger partial charge in [0.15, 0.2) is 5.65 Å². The van der Waals surface area contributed by atoms with E-state index in [1.165, 1.54) is 30.3 Å². The third kappa shape index (κ3) is 2.27. The molecule has 0 saturated heterocycles. The summed E-state index contributed by atoms with van der Waals surface area (Å²) in [5.41, 5.74) is 1.10. The molecule has 96 valence electrons. The van der Waals surface area contributed by atoms with Crippen LogP contribution in [0.2, 0.25) is 0 Å². The molecule has 0 aliphatic heterocycles. The Hall–Kier alpha value is -1.72. The first kappa shape index (κ1) is 11.4. The molecular weight excluding hydrogens is 228 g/mol. The molecule has 6 heteroatoms. The van der Waals surface area contributed by atoms with Gasteiger partial charge in [-0.2, -0.15) is 0 Å². The van der Waals surface area contributed by atoms with Gasteiger partial charge in [0.2, 0.25) is 0 Å². The minimum atomic E-state index is 0.425. The molecule has 1 aliphatic carbocycles. The number of hydrogen-bond donors (Lipinski definition) is 1. The van der Waals surface area contributed by atoms with Gasteiger partial charge < -0.3 is 5.32 Å². The second-order valence-electron chi connectivity index (χ2n) is 5.85. The quantitative estimate of drug-likeness (QED) is 0.876. The summed E-state index contributed by atoms with van der Waals surface area (Å²) in [7, 11) is 0. The summed E-state index contributed by atoms with van der Waals surface area (Å²) in [6.07, 6.45) is 4.98. The topological polar surface area (TPSA) is 68.0 Å². The highest BCUT2D eigenvalue weighted by Gasteiger charge is 2.27. The van der Waals surface area contributed by atoms with Crippen LogP contribution in [0.15, 0.2) is 12.1 Å². The summed E-state index contributed by atoms with van der Waals surface area (Å²) in [4.78, 5) is 0. The highest BCUT2D eigenvalue weighted by molar-refractivity contribution is 5.42. The van der Waals surface area contributed by atoms with Crippen molar-refractivity contribution in [1.29, 1.82) is 0 Å². The Balaban J connectivity index is 1.75. The van der Waals surface area contributed by atoms with E-state index >= 15 is 0 Å². The lowest BCUT2D eigenvalue weighted by Crippen LogP contribution is -2.32. The molecule has 0 spiro atoms. The minimum Gasteiger partial charge on any atom is -0.366 e. The third-order valence-corrected chi connectivity index (χ3v) is 3.63. The summed E-state index contributed by atoms with van der Waals surface area (Å²) >= 11 is 0. The van der Waals surface area contributed by atoms with Crippen molar-refractivity contribution in [3.8, 4) is 0 Å². The van der Waals surface area contributed by atoms with E-state index in [2.05, 4.69) is 39.8 Å². The van der Waals surface area contributed by atoms with E-state index in [1.54, 1.807) is 0 Å². The van der Waals surface area contributed by atoms with Crippen molar-refractivity contribution < 1.29 is 0 Å². The number of anilines is 1. The number of aromatic nitrogens is 5. The van der Waals surface area contributed by atoms with Gasteiger partial charge in [-0.15, -0.1) is 14.8 Å². The highest BCUT2D eigenvalue weighted by atomic mass is 15.6. The third-order valence-electron chi connectivity index (χ3n) is 3.63. The van der Waals surface area contributed by atoms with Crippen LogP contribution in [0.1, 0.15) is 39.5 Å². The minimum absolute atomic E-state index is 0.425. The number of nitrogens with one attached hydrogen (secondary N) is 1. The molecule has 2 heterocycles. The predicted molar refractivity (Wildman–Crippen MR) is 68.2 cm³/mol. The fraction of sp³-hybridized carbons (Fsp3) is 0.667. The maximum absolute atomic E-state index is 4.35. The van der Waals surface area contributed by atoms with Gasteiger partial charge in [0, 0.05) is 6.04 Å². The van der Waals surface area contributed by atoms with Crippen LogP contribution in [0.25, 0.3) is 5.65 Å². The molecule has 2 aromatic heterocycles. The molecule has 0 aromatic carbocycles. The van der Waals surface area contributed by atoms with Gasteiger partial charge in [-0.1, -0.05) is 20.3 Å². The second-order valence-corrected chi connectivity index (χ2v) is 5.85. The standard InChI is InChI=1S/C12H18N6/c1-12(2)7-3-4-9(8-12)13-10-5-6-11-14-16-17-18(11)15-10/h5-6,9H,3-4,7-8H2,1-2H3,(H,13,15). The van der Waals surface area contributed by atoms with E-state index < -0.39 is 0 Å². The number of hydrogen-bond acceptors (Lipinski definition) is 5. The van der Waals surface area contributed by atoms with E-state index in [1.807, 2.05) is 12.1 Å². The number of nitrogens with zero attached hydrogens (tertiary/aromatic N) is 5. The average molecular weight is 246 g/mol. The smallest absolute Gasteiger partial charge is 0.200 e. The highest BCUT2D eigenvalue weighted by Crippen LogP contribution is 2.36. The Morgan fingerprint density at radius 2 is 2.28 bits per heavy atom. The van der Waals surface area contributed by atoms with Gasteiger partial charge in [0.05, 0.1) is 0 Å². The zero-order valence-electron chi connectivity index (χ0n) is 10.8. The molecule has 3 rings (SSSR count). The molecule has 0 bridgehead atoms. The molecule has 1 fully saturated rings. The summed E-state index contributed by atoms with van der Waals surface area (Å²) < 4.78 is 1.45. The molecule has 1 saturated carbocycles. The van der Waals surface area contributed by atoms with Crippen molar-refractivity contribution in [1.82, 2.24) is 25.3 Å². The van der Waals surface area contributed by atoms with Crippen LogP contribution >= 0.6 is 0 Å². The molecule has 0 radical (unpaired) electrons. The van der Waals surface area contributed by atoms with Crippen molar-refractivity contribution in [2.45, 2.75) is 45.6 Å². The average Bonchev–Trinajstić information content (AvgIpc) is 2.74. The zero-order valence-corrected chi connectivity index (χ0v) is 10.8. The van der Waals surface area contributed by atoms with Crippen LogP contribution in [0.3, 0.4) is 0 Å². The van der Waals surface area contributed by atoms with E-state index in [-0.39, 0.29) is 0 Å². The summed E-state index contributed by atoms with van der Waals surface area (Å²) in [5.74, 6) is 0.845. The first-order chi connectivity index (χ1) is 8.62. The Morgan fingerprint density at radius 1 is 1.39 bits per heavy atom. The molecule has 1 aliphatic rings. The SMILES string of the molecule is CC1(C)CCCC(Nc2ccc3nnnn3n2)C1. The number of rotatable bonds is 2. The van der Waals surface area contributed by atoms with E-state index in [0.717, 1.165) is 5.82 Å². The van der Waals surface area contributed by atoms with Gasteiger partial charge in [-0.25, -0.2) is 0 Å². The summed E-state index contributed by atoms with van der Waals surface area (Å²) in [6, 6.07) is 4.31. The Morgan fingerprint density at radius 3 is 3.11 bits per heavy atom. The van der Waals surface area contributed by atoms with E-state index in [0.29, 0.717) is 17.1 Å². The normalized spacial score (nSPS) is 23.1. The van der Waals surface area contributed by atoms with Gasteiger partial charge in [0.1, 0.15) is 5.82 Å². The molecule has 18 heavy (non-hydrogen) atoms. The zero-order chi connectivity index (χ0) is 12.6. The van der Waals surface area contributed by atoms with E-state index in [9.17, 15) is 0 Å². The number of tetrazole rings is 1. The predicted octanol–water partition coefficient (Wildman–Crippen LogP) is 1.90. The summed E-state index contributed by atoms with van der Waals surface area (Å²) in [6.45, 7) is 4.66. The lowest BCUT2D eigenvalue weighted by molar-refractivity contribution is 0.229. The molecule has 1 N–H and O–H groups in total. The monoisotopic (exact) mass is 246 g/mol. The van der Waals surface area contributed by atoms with Crippen LogP contribution in [-0.4, -0.2) is 31.3 Å². The molecule has 1 unspecified atom stereocenters. The van der Waals surface area contributed by atoms with Crippen LogP contribution < -0.4 is 5.32 Å². The van der Waals surface area contributed by atoms with Crippen molar-refractivity contribution in [3.05, 3.63) is 12.1 Å². The second kappa shape index (κ2) is 4.19. The fourth-order valence-corrected chi connectivity index (χ4v) is 2.76. The van der Waals surface area contributed by atoms with Crippen LogP contribution in [0.5, 0.6) is 0 Å². The number of fused-ring (bicyclic) bond motifs is 1. The van der Waals surface area contributed by atoms with Crippen LogP contribution in [-0.2, 0) is 0 Å². The first-order valence-corrected chi connectivity index (χ1v) is 6.44. The maximum atomic E-state index is 4.35. The maximum Gasteiger partial charge on any atom is 0.200 e. The van der Waals surface area contributed by atoms with Crippen molar-refractivity contribution in [2.24, 2.45) is 5.41 Å². The largest absolute Gasteiger partial charge is 0.366 e. The molecular formula is C12H18N6. The molecule has 2 aromatic rings. The molecule has 6 nitrogen and oxygen atoms in total. The van der Waals surface area contributed by atoms with Crippen molar-refractivity contribution in [2.75, 3.05) is 5.32 Å². The molecule has 0 amide bonds. The van der Waals surface area contributed by atoms with Crippen molar-refractivity contribution in [3.63, 3.8) is 0 Å². The van der Waals surface area contributed by atoms with Gasteiger partial charge in [-0.3, -0.25) is 0 Å². The van der Waals surface area contributed by atoms with E-state index in [4.69, 9.17) is 0 Å². The van der Waals surface area contributed by atoms with Crippen LogP contribution in [0, 0.1) is 5.41 Å². The Kier molecular flexibility index (Phi) is 2.65. The lowest BCUT2D eigenvalue weighted by Gasteiger charge is -2.35. The summed E-state index contributed by atoms with van der Waals surface area (Å²) in [5, 5.41) is 19.1. The van der Waals surface area contributed by atoms with Gasteiger partial charge in [-0.05, 0) is 47.2 Å².